The fourth-order valence-corrected chi connectivity index (χ4v) is 2.94. The van der Waals surface area contributed by atoms with Gasteiger partial charge in [0.1, 0.15) is 24.0 Å². The molecule has 2 aromatic heterocycles. The summed E-state index contributed by atoms with van der Waals surface area (Å²) in [5.74, 6) is 0.452. The molecule has 152 valence electrons. The van der Waals surface area contributed by atoms with E-state index in [9.17, 15) is 4.39 Å². The fourth-order valence-electron chi connectivity index (χ4n) is 2.78. The molecule has 4 aromatic rings. The predicted octanol–water partition coefficient (Wildman–Crippen LogP) is 4.13. The molecule has 0 spiro atoms. The highest BCUT2D eigenvalue weighted by molar-refractivity contribution is 6.32. The predicted molar refractivity (Wildman–Crippen MR) is 110 cm³/mol. The molecule has 0 aliphatic heterocycles. The summed E-state index contributed by atoms with van der Waals surface area (Å²) >= 11 is 6.29. The summed E-state index contributed by atoms with van der Waals surface area (Å²) in [5.41, 5.74) is 1.91. The van der Waals surface area contributed by atoms with E-state index in [4.69, 9.17) is 16.3 Å². The summed E-state index contributed by atoms with van der Waals surface area (Å²) in [6, 6.07) is 11.8. The zero-order valence-corrected chi connectivity index (χ0v) is 16.7. The van der Waals surface area contributed by atoms with Gasteiger partial charge >= 0.3 is 0 Å². The average molecular weight is 426 g/mol. The summed E-state index contributed by atoms with van der Waals surface area (Å²) in [6.45, 7) is 2.38. The Bertz CT molecular complexity index is 1120. The van der Waals surface area contributed by atoms with Crippen molar-refractivity contribution in [2.45, 2.75) is 19.6 Å². The number of benzene rings is 2. The Labute approximate surface area is 176 Å². The van der Waals surface area contributed by atoms with E-state index < -0.39 is 0 Å². The second kappa shape index (κ2) is 8.83. The molecule has 0 unspecified atom stereocenters. The first-order valence-electron chi connectivity index (χ1n) is 9.09. The van der Waals surface area contributed by atoms with Gasteiger partial charge in [-0.1, -0.05) is 29.8 Å². The molecule has 0 saturated heterocycles. The van der Waals surface area contributed by atoms with Gasteiger partial charge in [-0.2, -0.15) is 0 Å². The van der Waals surface area contributed by atoms with E-state index in [1.165, 1.54) is 12.4 Å². The van der Waals surface area contributed by atoms with Gasteiger partial charge in [-0.3, -0.25) is 0 Å². The number of para-hydroxylation sites is 1. The Hall–Kier alpha value is -3.59. The lowest BCUT2D eigenvalue weighted by molar-refractivity contribution is 0.193. The van der Waals surface area contributed by atoms with Gasteiger partial charge in [-0.25, -0.2) is 19.0 Å². The number of tetrazole rings is 1. The van der Waals surface area contributed by atoms with E-state index in [0.29, 0.717) is 29.0 Å². The first-order chi connectivity index (χ1) is 14.6. The lowest BCUT2D eigenvalue weighted by Crippen LogP contribution is -2.20. The summed E-state index contributed by atoms with van der Waals surface area (Å²) in [5, 5.41) is 14.4. The molecule has 0 bridgehead atoms. The minimum atomic E-state index is -0.375. The molecule has 1 atom stereocenters. The Kier molecular flexibility index (Phi) is 5.80. The number of aromatic nitrogens is 6. The number of rotatable bonds is 7. The number of anilines is 2. The van der Waals surface area contributed by atoms with Crippen LogP contribution in [-0.4, -0.2) is 36.3 Å². The number of ether oxygens (including phenoxy) is 1. The van der Waals surface area contributed by atoms with Gasteiger partial charge in [-0.05, 0) is 47.2 Å². The van der Waals surface area contributed by atoms with Gasteiger partial charge in [0.25, 0.3) is 0 Å². The Morgan fingerprint density at radius 2 is 1.93 bits per heavy atom. The highest BCUT2D eigenvalue weighted by atomic mass is 35.5. The smallest absolute Gasteiger partial charge is 0.227 e. The number of nitrogens with one attached hydrogen (secondary N) is 1. The van der Waals surface area contributed by atoms with Crippen molar-refractivity contribution < 1.29 is 9.13 Å². The van der Waals surface area contributed by atoms with E-state index >= 15 is 0 Å². The monoisotopic (exact) mass is 425 g/mol. The van der Waals surface area contributed by atoms with Crippen LogP contribution >= 0.6 is 11.6 Å². The summed E-state index contributed by atoms with van der Waals surface area (Å²) in [6.07, 6.45) is 4.61. The maximum Gasteiger partial charge on any atom is 0.227 e. The molecule has 0 saturated carbocycles. The first kappa shape index (κ1) is 19.7. The Morgan fingerprint density at radius 1 is 1.13 bits per heavy atom. The van der Waals surface area contributed by atoms with E-state index in [1.807, 2.05) is 19.1 Å². The molecule has 0 aliphatic rings. The van der Waals surface area contributed by atoms with E-state index in [-0.39, 0.29) is 11.9 Å². The maximum atomic E-state index is 13.8. The molecule has 0 amide bonds. The van der Waals surface area contributed by atoms with Gasteiger partial charge in [0.15, 0.2) is 0 Å². The molecule has 30 heavy (non-hydrogen) atoms. The van der Waals surface area contributed by atoms with Crippen molar-refractivity contribution in [3.8, 4) is 16.9 Å². The molecule has 2 heterocycles. The van der Waals surface area contributed by atoms with Gasteiger partial charge in [0.05, 0.1) is 17.3 Å². The summed E-state index contributed by atoms with van der Waals surface area (Å²) < 4.78 is 21.3. The van der Waals surface area contributed by atoms with Crippen molar-refractivity contribution in [2.75, 3.05) is 5.32 Å². The second-order valence-corrected chi connectivity index (χ2v) is 6.91. The van der Waals surface area contributed by atoms with E-state index in [0.717, 1.165) is 11.1 Å². The molecule has 4 rings (SSSR count). The lowest BCUT2D eigenvalue weighted by Gasteiger charge is -2.16. The number of hydrogen-bond acceptors (Lipinski definition) is 7. The fraction of sp³-hybridized carbons (Fsp3) is 0.150. The van der Waals surface area contributed by atoms with Crippen LogP contribution < -0.4 is 10.1 Å². The van der Waals surface area contributed by atoms with Crippen LogP contribution in [0, 0.1) is 5.82 Å². The third kappa shape index (κ3) is 4.69. The number of halogens is 2. The van der Waals surface area contributed by atoms with Crippen molar-refractivity contribution in [2.24, 2.45) is 0 Å². The highest BCUT2D eigenvalue weighted by Gasteiger charge is 2.12. The van der Waals surface area contributed by atoms with Crippen molar-refractivity contribution >= 4 is 23.2 Å². The highest BCUT2D eigenvalue weighted by Crippen LogP contribution is 2.31. The normalized spacial score (nSPS) is 11.8. The minimum absolute atomic E-state index is 0.204. The SMILES string of the molecule is C[C@@H](Cn1cnnn1)Oc1cc(-c2cnc(Nc3ccccc3F)nc2)ccc1Cl. The molecule has 8 nitrogen and oxygen atoms in total. The molecule has 1 N–H and O–H groups in total. The van der Waals surface area contributed by atoms with Crippen LogP contribution in [0.3, 0.4) is 0 Å². The molecular formula is C20H17ClFN7O. The standard InChI is InChI=1S/C20H17ClFN7O/c1-13(11-29-12-25-27-28-29)30-19-8-14(6-7-16(19)21)15-9-23-20(24-10-15)26-18-5-3-2-4-17(18)22/h2-10,12-13H,11H2,1H3,(H,23,24,26)/t13-/m0/s1. The van der Waals surface area contributed by atoms with Gasteiger partial charge < -0.3 is 10.1 Å². The summed E-state index contributed by atoms with van der Waals surface area (Å²) in [7, 11) is 0. The van der Waals surface area contributed by atoms with Crippen LogP contribution in [0.4, 0.5) is 16.0 Å². The largest absolute Gasteiger partial charge is 0.487 e. The zero-order valence-electron chi connectivity index (χ0n) is 15.9. The van der Waals surface area contributed by atoms with Crippen molar-refractivity contribution in [3.05, 3.63) is 72.0 Å². The third-order valence-corrected chi connectivity index (χ3v) is 4.51. The molecular weight excluding hydrogens is 409 g/mol. The minimum Gasteiger partial charge on any atom is -0.487 e. The number of nitrogens with zero attached hydrogens (tertiary/aromatic N) is 6. The van der Waals surface area contributed by atoms with Gasteiger partial charge in [0, 0.05) is 18.0 Å². The van der Waals surface area contributed by atoms with Crippen LogP contribution in [0.2, 0.25) is 5.02 Å². The Balaban J connectivity index is 1.48. The average Bonchev–Trinajstić information content (AvgIpc) is 3.25. The molecule has 0 aliphatic carbocycles. The van der Waals surface area contributed by atoms with Crippen LogP contribution in [0.15, 0.2) is 61.2 Å². The number of hydrogen-bond donors (Lipinski definition) is 1. The second-order valence-electron chi connectivity index (χ2n) is 6.51. The molecule has 2 aromatic carbocycles. The topological polar surface area (TPSA) is 90.6 Å². The van der Waals surface area contributed by atoms with Crippen molar-refractivity contribution in [1.82, 2.24) is 30.2 Å². The third-order valence-electron chi connectivity index (χ3n) is 4.20. The van der Waals surface area contributed by atoms with Crippen LogP contribution in [0.1, 0.15) is 6.92 Å². The molecule has 10 heteroatoms. The van der Waals surface area contributed by atoms with Crippen LogP contribution in [-0.2, 0) is 6.54 Å². The van der Waals surface area contributed by atoms with E-state index in [1.54, 1.807) is 41.3 Å². The molecule has 0 radical (unpaired) electrons. The van der Waals surface area contributed by atoms with Gasteiger partial charge in [0.2, 0.25) is 5.95 Å². The molecule has 0 fully saturated rings. The summed E-state index contributed by atoms with van der Waals surface area (Å²) in [4.78, 5) is 8.53. The van der Waals surface area contributed by atoms with Crippen LogP contribution in [0.5, 0.6) is 5.75 Å². The zero-order chi connectivity index (χ0) is 20.9. The first-order valence-corrected chi connectivity index (χ1v) is 9.47. The van der Waals surface area contributed by atoms with Crippen molar-refractivity contribution in [3.63, 3.8) is 0 Å². The lowest BCUT2D eigenvalue weighted by atomic mass is 10.1. The van der Waals surface area contributed by atoms with Crippen molar-refractivity contribution in [1.29, 1.82) is 0 Å². The maximum absolute atomic E-state index is 13.8. The quantitative estimate of drug-likeness (QED) is 0.476. The van der Waals surface area contributed by atoms with Gasteiger partial charge in [-0.15, -0.1) is 5.10 Å². The Morgan fingerprint density at radius 3 is 2.67 bits per heavy atom. The van der Waals surface area contributed by atoms with E-state index in [2.05, 4.69) is 30.8 Å². The van der Waals surface area contributed by atoms with Crippen LogP contribution in [0.25, 0.3) is 11.1 Å².